The molecule has 134 valence electrons. The first-order valence-corrected chi connectivity index (χ1v) is 8.63. The van der Waals surface area contributed by atoms with Crippen LogP contribution in [0.15, 0.2) is 41.3 Å². The molecule has 1 aliphatic rings. The number of fused-ring (bicyclic) bond motifs is 1. The van der Waals surface area contributed by atoms with E-state index in [1.165, 1.54) is 12.3 Å². The highest BCUT2D eigenvalue weighted by Crippen LogP contribution is 2.20. The van der Waals surface area contributed by atoms with Gasteiger partial charge in [0, 0.05) is 30.5 Å². The number of amides is 2. The van der Waals surface area contributed by atoms with Crippen LogP contribution in [0.25, 0.3) is 5.65 Å². The SMILES string of the molecule is O=C(N[C@@H]1CC[C@H](NC(=O)c2ccno2)C1)c1cn2cc(Cl)ccc2n1. The molecule has 2 amide bonds. The fraction of sp³-hybridized carbons (Fsp3) is 0.294. The van der Waals surface area contributed by atoms with Crippen molar-refractivity contribution in [1.82, 2.24) is 25.2 Å². The van der Waals surface area contributed by atoms with E-state index in [1.807, 2.05) is 0 Å². The van der Waals surface area contributed by atoms with Gasteiger partial charge in [-0.15, -0.1) is 0 Å². The number of imidazole rings is 1. The van der Waals surface area contributed by atoms with E-state index >= 15 is 0 Å². The summed E-state index contributed by atoms with van der Waals surface area (Å²) in [5, 5.41) is 9.96. The van der Waals surface area contributed by atoms with Crippen LogP contribution in [0, 0.1) is 0 Å². The normalized spacial score (nSPS) is 19.6. The van der Waals surface area contributed by atoms with Crippen LogP contribution >= 0.6 is 11.6 Å². The minimum absolute atomic E-state index is 0.0159. The third-order valence-electron chi connectivity index (χ3n) is 4.41. The molecular weight excluding hydrogens is 358 g/mol. The summed E-state index contributed by atoms with van der Waals surface area (Å²) >= 11 is 5.95. The number of nitrogens with zero attached hydrogens (tertiary/aromatic N) is 3. The number of rotatable bonds is 4. The van der Waals surface area contributed by atoms with Crippen molar-refractivity contribution in [3.63, 3.8) is 0 Å². The van der Waals surface area contributed by atoms with Crippen LogP contribution in [-0.4, -0.2) is 38.4 Å². The van der Waals surface area contributed by atoms with E-state index < -0.39 is 0 Å². The molecule has 0 aromatic carbocycles. The maximum atomic E-state index is 12.4. The summed E-state index contributed by atoms with van der Waals surface area (Å²) in [7, 11) is 0. The zero-order valence-electron chi connectivity index (χ0n) is 13.7. The van der Waals surface area contributed by atoms with Gasteiger partial charge in [-0.2, -0.15) is 0 Å². The number of carbonyl (C=O) groups is 2. The van der Waals surface area contributed by atoms with Crippen molar-refractivity contribution in [2.45, 2.75) is 31.3 Å². The van der Waals surface area contributed by atoms with Gasteiger partial charge in [0.25, 0.3) is 11.8 Å². The molecule has 3 aromatic rings. The van der Waals surface area contributed by atoms with Gasteiger partial charge in [-0.1, -0.05) is 16.8 Å². The van der Waals surface area contributed by atoms with Crippen molar-refractivity contribution in [2.75, 3.05) is 0 Å². The van der Waals surface area contributed by atoms with Gasteiger partial charge in [-0.05, 0) is 31.4 Å². The summed E-state index contributed by atoms with van der Waals surface area (Å²) in [5.74, 6) is -0.352. The Kier molecular flexibility index (Phi) is 4.34. The van der Waals surface area contributed by atoms with E-state index in [0.29, 0.717) is 22.8 Å². The molecule has 0 radical (unpaired) electrons. The van der Waals surface area contributed by atoms with Crippen LogP contribution < -0.4 is 10.6 Å². The molecule has 3 aromatic heterocycles. The van der Waals surface area contributed by atoms with Crippen LogP contribution in [0.2, 0.25) is 5.02 Å². The molecule has 0 aliphatic heterocycles. The Hall–Kier alpha value is -2.87. The number of hydrogen-bond donors (Lipinski definition) is 2. The van der Waals surface area contributed by atoms with Crippen LogP contribution in [-0.2, 0) is 0 Å². The lowest BCUT2D eigenvalue weighted by Gasteiger charge is -2.13. The maximum Gasteiger partial charge on any atom is 0.290 e. The largest absolute Gasteiger partial charge is 0.351 e. The molecule has 0 saturated heterocycles. The molecule has 1 fully saturated rings. The predicted molar refractivity (Wildman–Crippen MR) is 93.1 cm³/mol. The summed E-state index contributed by atoms with van der Waals surface area (Å²) in [5.41, 5.74) is 0.990. The Morgan fingerprint density at radius 2 is 1.88 bits per heavy atom. The van der Waals surface area contributed by atoms with Crippen molar-refractivity contribution in [2.24, 2.45) is 0 Å². The summed E-state index contributed by atoms with van der Waals surface area (Å²) in [4.78, 5) is 28.7. The number of pyridine rings is 1. The number of aromatic nitrogens is 3. The lowest BCUT2D eigenvalue weighted by Crippen LogP contribution is -2.37. The number of carbonyl (C=O) groups excluding carboxylic acids is 2. The van der Waals surface area contributed by atoms with Gasteiger partial charge in [0.1, 0.15) is 11.3 Å². The highest BCUT2D eigenvalue weighted by Gasteiger charge is 2.28. The number of nitrogens with one attached hydrogen (secondary N) is 2. The molecule has 1 saturated carbocycles. The molecule has 3 heterocycles. The summed E-state index contributed by atoms with van der Waals surface area (Å²) in [6.45, 7) is 0. The van der Waals surface area contributed by atoms with E-state index in [-0.39, 0.29) is 29.7 Å². The first-order valence-electron chi connectivity index (χ1n) is 8.25. The second-order valence-electron chi connectivity index (χ2n) is 6.27. The minimum Gasteiger partial charge on any atom is -0.351 e. The van der Waals surface area contributed by atoms with Crippen molar-refractivity contribution >= 4 is 29.1 Å². The van der Waals surface area contributed by atoms with E-state index in [1.54, 1.807) is 28.9 Å². The highest BCUT2D eigenvalue weighted by atomic mass is 35.5. The van der Waals surface area contributed by atoms with Crippen molar-refractivity contribution in [3.05, 3.63) is 53.3 Å². The van der Waals surface area contributed by atoms with Gasteiger partial charge in [0.2, 0.25) is 5.76 Å². The fourth-order valence-corrected chi connectivity index (χ4v) is 3.33. The molecule has 9 heteroatoms. The minimum atomic E-state index is -0.295. The van der Waals surface area contributed by atoms with Crippen molar-refractivity contribution < 1.29 is 14.1 Å². The molecule has 0 bridgehead atoms. The molecule has 1 aliphatic carbocycles. The van der Waals surface area contributed by atoms with E-state index in [0.717, 1.165) is 12.8 Å². The van der Waals surface area contributed by atoms with E-state index in [2.05, 4.69) is 20.8 Å². The topological polar surface area (TPSA) is 102 Å². The zero-order valence-corrected chi connectivity index (χ0v) is 14.4. The van der Waals surface area contributed by atoms with Crippen molar-refractivity contribution in [3.8, 4) is 0 Å². The standard InChI is InChI=1S/C17H16ClN5O3/c18-10-1-4-15-22-13(9-23(15)8-10)16(24)20-11-2-3-12(7-11)21-17(25)14-5-6-19-26-14/h1,4-6,8-9,11-12H,2-3,7H2,(H,20,24)(H,21,25)/t11-,12+/m1/s1. The van der Waals surface area contributed by atoms with Gasteiger partial charge in [0.15, 0.2) is 0 Å². The van der Waals surface area contributed by atoms with Crippen LogP contribution in [0.5, 0.6) is 0 Å². The van der Waals surface area contributed by atoms with E-state index in [9.17, 15) is 9.59 Å². The quantitative estimate of drug-likeness (QED) is 0.728. The Balaban J connectivity index is 1.35. The molecule has 26 heavy (non-hydrogen) atoms. The van der Waals surface area contributed by atoms with E-state index in [4.69, 9.17) is 16.1 Å². The Morgan fingerprint density at radius 1 is 1.12 bits per heavy atom. The Morgan fingerprint density at radius 3 is 2.62 bits per heavy atom. The maximum absolute atomic E-state index is 12.4. The molecule has 2 N–H and O–H groups in total. The Bertz CT molecular complexity index is 953. The summed E-state index contributed by atoms with van der Waals surface area (Å²) in [6, 6.07) is 4.96. The highest BCUT2D eigenvalue weighted by molar-refractivity contribution is 6.30. The second-order valence-corrected chi connectivity index (χ2v) is 6.71. The lowest BCUT2D eigenvalue weighted by atomic mass is 10.2. The smallest absolute Gasteiger partial charge is 0.290 e. The van der Waals surface area contributed by atoms with Crippen LogP contribution in [0.1, 0.15) is 40.3 Å². The van der Waals surface area contributed by atoms with Gasteiger partial charge >= 0.3 is 0 Å². The van der Waals surface area contributed by atoms with Gasteiger partial charge in [-0.3, -0.25) is 9.59 Å². The molecule has 2 atom stereocenters. The van der Waals surface area contributed by atoms with Gasteiger partial charge < -0.3 is 19.6 Å². The first-order chi connectivity index (χ1) is 12.6. The van der Waals surface area contributed by atoms with Crippen LogP contribution in [0.3, 0.4) is 0 Å². The molecule has 8 nitrogen and oxygen atoms in total. The van der Waals surface area contributed by atoms with Gasteiger partial charge in [-0.25, -0.2) is 4.98 Å². The molecular formula is C17H16ClN5O3. The van der Waals surface area contributed by atoms with Crippen LogP contribution in [0.4, 0.5) is 0 Å². The monoisotopic (exact) mass is 373 g/mol. The lowest BCUT2D eigenvalue weighted by molar-refractivity contribution is 0.0900. The third-order valence-corrected chi connectivity index (χ3v) is 4.64. The zero-order chi connectivity index (χ0) is 18.1. The molecule has 4 rings (SSSR count). The summed E-state index contributed by atoms with van der Waals surface area (Å²) in [6.07, 6.45) is 7.00. The first kappa shape index (κ1) is 16.6. The fourth-order valence-electron chi connectivity index (χ4n) is 3.17. The Labute approximate surface area is 153 Å². The summed E-state index contributed by atoms with van der Waals surface area (Å²) < 4.78 is 6.55. The van der Waals surface area contributed by atoms with Crippen molar-refractivity contribution in [1.29, 1.82) is 0 Å². The van der Waals surface area contributed by atoms with Gasteiger partial charge in [0.05, 0.1) is 11.2 Å². The number of halogens is 1. The third kappa shape index (κ3) is 3.41. The average Bonchev–Trinajstić information content (AvgIpc) is 3.34. The number of hydrogen-bond acceptors (Lipinski definition) is 5. The predicted octanol–water partition coefficient (Wildman–Crippen LogP) is 2.06. The average molecular weight is 374 g/mol. The molecule has 0 spiro atoms. The second kappa shape index (κ2) is 6.80. The molecule has 0 unspecified atom stereocenters.